The topological polar surface area (TPSA) is 91.3 Å². The number of carbonyl (C=O) groups is 3. The molecule has 0 fully saturated rings. The van der Waals surface area contributed by atoms with Gasteiger partial charge in [-0.2, -0.15) is 0 Å². The van der Waals surface area contributed by atoms with E-state index in [2.05, 4.69) is 4.99 Å². The minimum Gasteiger partial charge on any atom is -0.423 e. The summed E-state index contributed by atoms with van der Waals surface area (Å²) in [6.45, 7) is 2.44. The Labute approximate surface area is 187 Å². The number of rotatable bonds is 5. The summed E-state index contributed by atoms with van der Waals surface area (Å²) in [7, 11) is 0. The van der Waals surface area contributed by atoms with Crippen molar-refractivity contribution >= 4 is 59.2 Å². The smallest absolute Gasteiger partial charge is 0.363 e. The Hall–Kier alpha value is -3.42. The maximum Gasteiger partial charge on any atom is 0.363 e. The van der Waals surface area contributed by atoms with Gasteiger partial charge in [-0.25, -0.2) is 9.79 Å². The molecule has 2 aromatic rings. The maximum atomic E-state index is 12.2. The molecule has 0 bridgehead atoms. The van der Waals surface area contributed by atoms with Crippen molar-refractivity contribution in [1.29, 1.82) is 0 Å². The fourth-order valence-corrected chi connectivity index (χ4v) is 2.92. The molecule has 0 radical (unpaired) electrons. The molecular formula is C22H15Cl2NO6. The Balaban J connectivity index is 1.87. The lowest BCUT2D eigenvalue weighted by molar-refractivity contribution is -0.134. The number of carbonyl (C=O) groups excluding carboxylic acids is 3. The third-order valence-electron chi connectivity index (χ3n) is 3.80. The third-order valence-corrected chi connectivity index (χ3v) is 4.64. The van der Waals surface area contributed by atoms with Crippen LogP contribution in [0.1, 0.15) is 25.0 Å². The van der Waals surface area contributed by atoms with E-state index in [0.717, 1.165) is 0 Å². The van der Waals surface area contributed by atoms with E-state index in [0.29, 0.717) is 21.2 Å². The lowest BCUT2D eigenvalue weighted by Gasteiger charge is -2.09. The molecule has 31 heavy (non-hydrogen) atoms. The van der Waals surface area contributed by atoms with Gasteiger partial charge in [0.1, 0.15) is 0 Å². The molecule has 0 spiro atoms. The molecule has 158 valence electrons. The first-order chi connectivity index (χ1) is 14.7. The first-order valence-electron chi connectivity index (χ1n) is 8.88. The number of esters is 3. The molecule has 1 heterocycles. The molecule has 2 aromatic carbocycles. The van der Waals surface area contributed by atoms with E-state index in [1.54, 1.807) is 30.3 Å². The van der Waals surface area contributed by atoms with Crippen molar-refractivity contribution in [3.05, 3.63) is 69.3 Å². The summed E-state index contributed by atoms with van der Waals surface area (Å²) >= 11 is 12.1. The number of nitrogens with zero attached hydrogens (tertiary/aromatic N) is 1. The van der Waals surface area contributed by atoms with Crippen LogP contribution in [0.25, 0.3) is 12.2 Å². The SMILES string of the molecule is CC(=O)Oc1ccc(/C=C2N=C(/C=C/c3cccc(Cl)c3Cl)OC\2=O)cc1OC(C)=O. The lowest BCUT2D eigenvalue weighted by atomic mass is 10.1. The van der Waals surface area contributed by atoms with Crippen molar-refractivity contribution in [2.75, 3.05) is 0 Å². The van der Waals surface area contributed by atoms with E-state index in [1.807, 2.05) is 0 Å². The fourth-order valence-electron chi connectivity index (χ4n) is 2.55. The van der Waals surface area contributed by atoms with E-state index in [4.69, 9.17) is 37.4 Å². The predicted octanol–water partition coefficient (Wildman–Crippen LogP) is 4.85. The summed E-state index contributed by atoms with van der Waals surface area (Å²) < 4.78 is 15.2. The van der Waals surface area contributed by atoms with Crippen molar-refractivity contribution in [3.8, 4) is 11.5 Å². The van der Waals surface area contributed by atoms with Gasteiger partial charge in [0.25, 0.3) is 0 Å². The van der Waals surface area contributed by atoms with Gasteiger partial charge in [-0.1, -0.05) is 41.4 Å². The van der Waals surface area contributed by atoms with Crippen LogP contribution < -0.4 is 9.47 Å². The van der Waals surface area contributed by atoms with Crippen molar-refractivity contribution in [2.45, 2.75) is 13.8 Å². The standard InChI is InChI=1S/C22H15Cl2NO6/c1-12(26)29-18-8-6-14(11-19(18)30-13(2)27)10-17-22(28)31-20(25-17)9-7-15-4-3-5-16(23)21(15)24/h3-11H,1-2H3/b9-7+,17-10-. The van der Waals surface area contributed by atoms with Gasteiger partial charge in [0.2, 0.25) is 5.90 Å². The van der Waals surface area contributed by atoms with Gasteiger partial charge in [-0.3, -0.25) is 9.59 Å². The first-order valence-corrected chi connectivity index (χ1v) is 9.64. The van der Waals surface area contributed by atoms with E-state index in [1.165, 1.54) is 38.1 Å². The van der Waals surface area contributed by atoms with Gasteiger partial charge in [-0.15, -0.1) is 0 Å². The number of benzene rings is 2. The molecule has 9 heteroatoms. The Morgan fingerprint density at radius 3 is 2.42 bits per heavy atom. The zero-order chi connectivity index (χ0) is 22.5. The van der Waals surface area contributed by atoms with Crippen LogP contribution in [0, 0.1) is 0 Å². The average molecular weight is 460 g/mol. The molecule has 7 nitrogen and oxygen atoms in total. The average Bonchev–Trinajstić information content (AvgIpc) is 3.03. The summed E-state index contributed by atoms with van der Waals surface area (Å²) in [6.07, 6.45) is 4.56. The molecule has 0 aromatic heterocycles. The van der Waals surface area contributed by atoms with Gasteiger partial charge >= 0.3 is 17.9 Å². The highest BCUT2D eigenvalue weighted by atomic mass is 35.5. The highest BCUT2D eigenvalue weighted by molar-refractivity contribution is 6.42. The number of hydrogen-bond donors (Lipinski definition) is 0. The maximum absolute atomic E-state index is 12.2. The largest absolute Gasteiger partial charge is 0.423 e. The van der Waals surface area contributed by atoms with E-state index in [9.17, 15) is 14.4 Å². The van der Waals surface area contributed by atoms with Crippen molar-refractivity contribution in [3.63, 3.8) is 0 Å². The molecule has 0 unspecified atom stereocenters. The monoisotopic (exact) mass is 459 g/mol. The molecule has 3 rings (SSSR count). The molecule has 0 amide bonds. The highest BCUT2D eigenvalue weighted by Gasteiger charge is 2.22. The van der Waals surface area contributed by atoms with Gasteiger partial charge in [-0.05, 0) is 41.5 Å². The fraction of sp³-hybridized carbons (Fsp3) is 0.0909. The number of hydrogen-bond acceptors (Lipinski definition) is 7. The van der Waals surface area contributed by atoms with Crippen molar-refractivity contribution in [2.24, 2.45) is 4.99 Å². The van der Waals surface area contributed by atoms with Crippen LogP contribution in [0.15, 0.2) is 53.2 Å². The zero-order valence-electron chi connectivity index (χ0n) is 16.3. The molecular weight excluding hydrogens is 445 g/mol. The van der Waals surface area contributed by atoms with Crippen LogP contribution in [-0.4, -0.2) is 23.8 Å². The highest BCUT2D eigenvalue weighted by Crippen LogP contribution is 2.30. The van der Waals surface area contributed by atoms with Crippen molar-refractivity contribution < 1.29 is 28.6 Å². The quantitative estimate of drug-likeness (QED) is 0.360. The minimum absolute atomic E-state index is 0.0307. The first kappa shape index (κ1) is 22.3. The number of ether oxygens (including phenoxy) is 3. The zero-order valence-corrected chi connectivity index (χ0v) is 17.9. The second-order valence-electron chi connectivity index (χ2n) is 6.24. The van der Waals surface area contributed by atoms with Gasteiger partial charge < -0.3 is 14.2 Å². The number of halogens is 2. The second-order valence-corrected chi connectivity index (χ2v) is 7.02. The molecule has 0 saturated carbocycles. The van der Waals surface area contributed by atoms with Gasteiger partial charge in [0, 0.05) is 19.9 Å². The third kappa shape index (κ3) is 5.81. The summed E-state index contributed by atoms with van der Waals surface area (Å²) in [5.74, 6) is -1.64. The normalized spacial score (nSPS) is 14.5. The number of cyclic esters (lactones) is 1. The molecule has 0 atom stereocenters. The molecule has 1 aliphatic heterocycles. The Bertz CT molecular complexity index is 1170. The molecule has 1 aliphatic rings. The summed E-state index contributed by atoms with van der Waals surface area (Å²) in [6, 6.07) is 9.60. The van der Waals surface area contributed by atoms with Crippen LogP contribution in [0.3, 0.4) is 0 Å². The van der Waals surface area contributed by atoms with E-state index >= 15 is 0 Å². The van der Waals surface area contributed by atoms with Crippen LogP contribution in [0.5, 0.6) is 11.5 Å². The lowest BCUT2D eigenvalue weighted by Crippen LogP contribution is -2.07. The number of aliphatic imine (C=N–C) groups is 1. The van der Waals surface area contributed by atoms with Crippen LogP contribution in [0.2, 0.25) is 10.0 Å². The Morgan fingerprint density at radius 2 is 1.71 bits per heavy atom. The second kappa shape index (κ2) is 9.59. The predicted molar refractivity (Wildman–Crippen MR) is 116 cm³/mol. The summed E-state index contributed by atoms with van der Waals surface area (Å²) in [5, 5.41) is 0.766. The summed E-state index contributed by atoms with van der Waals surface area (Å²) in [4.78, 5) is 38.9. The molecule has 0 saturated heterocycles. The van der Waals surface area contributed by atoms with Crippen molar-refractivity contribution in [1.82, 2.24) is 0 Å². The Morgan fingerprint density at radius 1 is 1.00 bits per heavy atom. The summed E-state index contributed by atoms with van der Waals surface area (Å²) in [5.41, 5.74) is 1.15. The van der Waals surface area contributed by atoms with Gasteiger partial charge in [0.15, 0.2) is 17.2 Å². The van der Waals surface area contributed by atoms with E-state index in [-0.39, 0.29) is 23.1 Å². The van der Waals surface area contributed by atoms with Crippen LogP contribution >= 0.6 is 23.2 Å². The van der Waals surface area contributed by atoms with Crippen LogP contribution in [-0.2, 0) is 19.1 Å². The Kier molecular flexibility index (Phi) is 6.89. The minimum atomic E-state index is -0.657. The van der Waals surface area contributed by atoms with Gasteiger partial charge in [0.05, 0.1) is 10.0 Å². The molecule has 0 aliphatic carbocycles. The van der Waals surface area contributed by atoms with Crippen LogP contribution in [0.4, 0.5) is 0 Å². The van der Waals surface area contributed by atoms with E-state index < -0.39 is 17.9 Å². The molecule has 0 N–H and O–H groups in total.